The van der Waals surface area contributed by atoms with Crippen LogP contribution in [0.25, 0.3) is 24.3 Å². The molecule has 0 bridgehead atoms. The lowest BCUT2D eigenvalue weighted by atomic mass is 10.1. The van der Waals surface area contributed by atoms with Crippen molar-refractivity contribution in [2.75, 3.05) is 60.6 Å². The van der Waals surface area contributed by atoms with Crippen LogP contribution in [0.3, 0.4) is 0 Å². The van der Waals surface area contributed by atoms with Gasteiger partial charge < -0.3 is 40.9 Å². The zero-order chi connectivity index (χ0) is 39.3. The quantitative estimate of drug-likeness (QED) is 0.0532. The van der Waals surface area contributed by atoms with Gasteiger partial charge in [-0.1, -0.05) is 45.9 Å². The van der Waals surface area contributed by atoms with Crippen molar-refractivity contribution >= 4 is 69.1 Å². The van der Waals surface area contributed by atoms with E-state index < -0.39 is 24.4 Å². The fraction of sp³-hybridized carbons (Fsp3) is 0.333. The van der Waals surface area contributed by atoms with Crippen LogP contribution in [0.5, 0.6) is 0 Å². The minimum atomic E-state index is -0.728. The molecule has 0 radical (unpaired) electrons. The molecule has 0 aliphatic carbocycles. The molecule has 2 aromatic carbocycles. The molecule has 2 fully saturated rings. The number of hydrogen-bond donors (Lipinski definition) is 6. The number of anilines is 2. The van der Waals surface area contributed by atoms with Gasteiger partial charge in [-0.3, -0.25) is 9.59 Å². The van der Waals surface area contributed by atoms with E-state index in [0.717, 1.165) is 45.4 Å². The highest BCUT2D eigenvalue weighted by Gasteiger charge is 2.30. The summed E-state index contributed by atoms with van der Waals surface area (Å²) in [7, 11) is 3.31. The van der Waals surface area contributed by atoms with Crippen LogP contribution in [0.1, 0.15) is 22.5 Å². The highest BCUT2D eigenvalue weighted by atomic mass is 33.1. The van der Waals surface area contributed by atoms with Gasteiger partial charge in [0.2, 0.25) is 24.5 Å². The zero-order valence-electron chi connectivity index (χ0n) is 31.1. The molecule has 4 unspecified atom stereocenters. The summed E-state index contributed by atoms with van der Waals surface area (Å²) in [6.07, 6.45) is 8.80. The minimum Gasteiger partial charge on any atom is -0.389 e. The van der Waals surface area contributed by atoms with Crippen LogP contribution in [-0.2, 0) is 22.7 Å². The van der Waals surface area contributed by atoms with Gasteiger partial charge in [0.15, 0.2) is 12.4 Å². The Labute approximate surface area is 335 Å². The first-order valence-corrected chi connectivity index (χ1v) is 21.2. The molecule has 2 aliphatic rings. The number of aliphatic hydroxyl groups excluding tert-OH is 4. The molecule has 6 N–H and O–H groups in total. The Morgan fingerprint density at radius 3 is 1.32 bits per heavy atom. The fourth-order valence-corrected chi connectivity index (χ4v) is 8.30. The third kappa shape index (κ3) is 11.9. The van der Waals surface area contributed by atoms with Crippen molar-refractivity contribution in [1.82, 2.24) is 10.6 Å². The molecule has 0 spiro atoms. The lowest BCUT2D eigenvalue weighted by Crippen LogP contribution is -2.45. The number of rotatable bonds is 17. The predicted octanol–water partition coefficient (Wildman–Crippen LogP) is 2.00. The summed E-state index contributed by atoms with van der Waals surface area (Å²) in [4.78, 5) is 29.4. The van der Waals surface area contributed by atoms with Crippen molar-refractivity contribution in [2.24, 2.45) is 0 Å². The molecular formula is C42H50N6O6S2+2. The lowest BCUT2D eigenvalue weighted by molar-refractivity contribution is -0.686. The third-order valence-corrected chi connectivity index (χ3v) is 12.0. The van der Waals surface area contributed by atoms with Gasteiger partial charge in [0, 0.05) is 98.6 Å². The second-order valence-corrected chi connectivity index (χ2v) is 16.5. The van der Waals surface area contributed by atoms with Crippen molar-refractivity contribution in [3.63, 3.8) is 0 Å². The second-order valence-electron chi connectivity index (χ2n) is 13.8. The Kier molecular flexibility index (Phi) is 15.0. The molecule has 14 heteroatoms. The average molecular weight is 799 g/mol. The number of hydrogen-bond acceptors (Lipinski definition) is 10. The summed E-state index contributed by atoms with van der Waals surface area (Å²) in [5.74, 6) is 1.34. The maximum atomic E-state index is 12.7. The number of amides is 2. The number of β-amino-alcohol motifs (C(OH)–C–C–N with tert-alkyl or cyclic N) is 4. The summed E-state index contributed by atoms with van der Waals surface area (Å²) >= 11 is 0. The molecule has 2 amide bonds. The number of aromatic nitrogens is 2. The summed E-state index contributed by atoms with van der Waals surface area (Å²) in [5.41, 5.74) is 5.70. The first-order chi connectivity index (χ1) is 27.2. The van der Waals surface area contributed by atoms with Gasteiger partial charge in [-0.15, -0.1) is 0 Å². The molecule has 6 rings (SSSR count). The van der Waals surface area contributed by atoms with Crippen LogP contribution in [0.4, 0.5) is 11.4 Å². The van der Waals surface area contributed by atoms with E-state index in [1.807, 2.05) is 141 Å². The molecule has 4 atom stereocenters. The first-order valence-electron chi connectivity index (χ1n) is 18.7. The van der Waals surface area contributed by atoms with Crippen molar-refractivity contribution in [3.05, 3.63) is 120 Å². The SMILES string of the molecule is O=C(C[n+]1ccccc1/C=C/c1ccc(N2CC(O)C(O)C2)cc1)NCCSSCCNC(=O)C[n+]1ccccc1/C=C/c1ccc(N2CC(O)C(O)C2)cc1. The van der Waals surface area contributed by atoms with Crippen LogP contribution >= 0.6 is 21.6 Å². The average Bonchev–Trinajstić information content (AvgIpc) is 3.73. The molecule has 2 saturated heterocycles. The van der Waals surface area contributed by atoms with Crippen LogP contribution in [0.2, 0.25) is 0 Å². The van der Waals surface area contributed by atoms with Crippen molar-refractivity contribution in [2.45, 2.75) is 37.5 Å². The van der Waals surface area contributed by atoms with E-state index in [9.17, 15) is 30.0 Å². The molecule has 2 aromatic heterocycles. The Bertz CT molecular complexity index is 1800. The van der Waals surface area contributed by atoms with E-state index in [0.29, 0.717) is 39.3 Å². The Balaban J connectivity index is 0.852. The van der Waals surface area contributed by atoms with Gasteiger partial charge >= 0.3 is 0 Å². The van der Waals surface area contributed by atoms with Gasteiger partial charge in [-0.05, 0) is 59.7 Å². The summed E-state index contributed by atoms with van der Waals surface area (Å²) in [5, 5.41) is 45.4. The number of pyridine rings is 2. The van der Waals surface area contributed by atoms with Gasteiger partial charge in [-0.25, -0.2) is 0 Å². The predicted molar refractivity (Wildman–Crippen MR) is 223 cm³/mol. The number of nitrogens with zero attached hydrogens (tertiary/aromatic N) is 4. The summed E-state index contributed by atoms with van der Waals surface area (Å²) in [6, 6.07) is 27.5. The van der Waals surface area contributed by atoms with Gasteiger partial charge in [0.1, 0.15) is 0 Å². The standard InChI is InChI=1S/C42H48N6O6S2/c49-37-25-47(26-38(37)50)35-15-9-31(10-16-35)7-13-33-5-1-3-21-45(33)29-41(53)43-19-23-55-56-24-20-44-42(54)30-46-22-4-2-6-34(46)14-8-32-11-17-36(18-12-32)48-27-39(51)40(52)28-48/h1-18,21-22,37-40,49-52H,19-20,23-30H2/p+2. The highest BCUT2D eigenvalue weighted by molar-refractivity contribution is 8.76. The first kappa shape index (κ1) is 40.9. The highest BCUT2D eigenvalue weighted by Crippen LogP contribution is 2.23. The summed E-state index contributed by atoms with van der Waals surface area (Å²) < 4.78 is 3.81. The Morgan fingerprint density at radius 2 is 0.946 bits per heavy atom. The second kappa shape index (κ2) is 20.5. The van der Waals surface area contributed by atoms with E-state index >= 15 is 0 Å². The molecule has 56 heavy (non-hydrogen) atoms. The number of benzene rings is 2. The monoisotopic (exact) mass is 798 g/mol. The van der Waals surface area contributed by atoms with Crippen LogP contribution in [0.15, 0.2) is 97.3 Å². The van der Waals surface area contributed by atoms with E-state index in [-0.39, 0.29) is 24.9 Å². The molecule has 12 nitrogen and oxygen atoms in total. The van der Waals surface area contributed by atoms with E-state index in [1.54, 1.807) is 21.6 Å². The van der Waals surface area contributed by atoms with Gasteiger partial charge in [-0.2, -0.15) is 9.13 Å². The largest absolute Gasteiger partial charge is 0.389 e. The van der Waals surface area contributed by atoms with Crippen LogP contribution < -0.4 is 29.6 Å². The van der Waals surface area contributed by atoms with Crippen molar-refractivity contribution < 1.29 is 39.1 Å². The molecule has 2 aliphatic heterocycles. The molecular weight excluding hydrogens is 749 g/mol. The molecule has 0 saturated carbocycles. The topological polar surface area (TPSA) is 153 Å². The Hall–Kier alpha value is -4.70. The smallest absolute Gasteiger partial charge is 0.286 e. The lowest BCUT2D eigenvalue weighted by Gasteiger charge is -2.17. The number of carbonyl (C=O) groups excluding carboxylic acids is 2. The van der Waals surface area contributed by atoms with E-state index in [4.69, 9.17) is 0 Å². The maximum absolute atomic E-state index is 12.7. The van der Waals surface area contributed by atoms with E-state index in [1.165, 1.54) is 0 Å². The van der Waals surface area contributed by atoms with Crippen LogP contribution in [-0.4, -0.2) is 107 Å². The zero-order valence-corrected chi connectivity index (χ0v) is 32.8. The third-order valence-electron chi connectivity index (χ3n) is 9.61. The number of nitrogens with one attached hydrogen (secondary N) is 2. The van der Waals surface area contributed by atoms with Crippen molar-refractivity contribution in [1.29, 1.82) is 0 Å². The Morgan fingerprint density at radius 1 is 0.571 bits per heavy atom. The van der Waals surface area contributed by atoms with Crippen LogP contribution in [0, 0.1) is 0 Å². The summed E-state index contributed by atoms with van der Waals surface area (Å²) in [6.45, 7) is 3.13. The van der Waals surface area contributed by atoms with E-state index in [2.05, 4.69) is 10.6 Å². The van der Waals surface area contributed by atoms with Gasteiger partial charge in [0.05, 0.1) is 24.4 Å². The normalized spacial score (nSPS) is 19.6. The minimum absolute atomic E-state index is 0.0702. The number of carbonyl (C=O) groups is 2. The maximum Gasteiger partial charge on any atom is 0.286 e. The molecule has 294 valence electrons. The number of aliphatic hydroxyl groups is 4. The fourth-order valence-electron chi connectivity index (χ4n) is 6.49. The van der Waals surface area contributed by atoms with Gasteiger partial charge in [0.25, 0.3) is 11.8 Å². The molecule has 4 aromatic rings. The molecule has 4 heterocycles. The van der Waals surface area contributed by atoms with Crippen molar-refractivity contribution in [3.8, 4) is 0 Å².